The minimum atomic E-state index is -0.247. The predicted octanol–water partition coefficient (Wildman–Crippen LogP) is 4.69. The molecule has 0 spiro atoms. The molecular formula is C26H25IN4O2S. The van der Waals surface area contributed by atoms with E-state index in [2.05, 4.69) is 38.1 Å². The Morgan fingerprint density at radius 2 is 1.53 bits per heavy atom. The molecule has 1 saturated heterocycles. The third kappa shape index (κ3) is 5.92. The molecule has 4 rings (SSSR count). The lowest BCUT2D eigenvalue weighted by Crippen LogP contribution is -2.48. The Morgan fingerprint density at radius 3 is 2.18 bits per heavy atom. The number of amides is 2. The van der Waals surface area contributed by atoms with Crippen molar-refractivity contribution < 1.29 is 9.59 Å². The van der Waals surface area contributed by atoms with Gasteiger partial charge in [-0.3, -0.25) is 14.9 Å². The van der Waals surface area contributed by atoms with Crippen LogP contribution in [0.4, 0.5) is 11.4 Å². The summed E-state index contributed by atoms with van der Waals surface area (Å²) >= 11 is 7.49. The number of halogens is 1. The first kappa shape index (κ1) is 24.2. The number of nitrogens with one attached hydrogen (secondary N) is 2. The number of piperazine rings is 1. The van der Waals surface area contributed by atoms with E-state index in [0.29, 0.717) is 18.7 Å². The number of aryl methyl sites for hydroxylation is 1. The lowest BCUT2D eigenvalue weighted by atomic mass is 10.1. The summed E-state index contributed by atoms with van der Waals surface area (Å²) in [6.07, 6.45) is 0. The zero-order valence-corrected chi connectivity index (χ0v) is 21.7. The molecule has 34 heavy (non-hydrogen) atoms. The van der Waals surface area contributed by atoms with E-state index in [1.807, 2.05) is 72.5 Å². The van der Waals surface area contributed by atoms with Crippen molar-refractivity contribution in [3.63, 3.8) is 0 Å². The van der Waals surface area contributed by atoms with Crippen LogP contribution < -0.4 is 15.5 Å². The molecule has 0 radical (unpaired) electrons. The van der Waals surface area contributed by atoms with Gasteiger partial charge < -0.3 is 15.1 Å². The number of benzene rings is 3. The fraction of sp³-hybridized carbons (Fsp3) is 0.192. The minimum Gasteiger partial charge on any atom is -0.368 e. The van der Waals surface area contributed by atoms with E-state index < -0.39 is 0 Å². The van der Waals surface area contributed by atoms with E-state index in [-0.39, 0.29) is 16.9 Å². The molecule has 1 aliphatic heterocycles. The first-order chi connectivity index (χ1) is 16.4. The molecule has 2 amide bonds. The summed E-state index contributed by atoms with van der Waals surface area (Å²) in [6, 6.07) is 22.9. The number of hydrogen-bond acceptors (Lipinski definition) is 4. The van der Waals surface area contributed by atoms with Gasteiger partial charge in [-0.25, -0.2) is 0 Å². The summed E-state index contributed by atoms with van der Waals surface area (Å²) in [6.45, 7) is 4.88. The van der Waals surface area contributed by atoms with Crippen molar-refractivity contribution in [3.8, 4) is 0 Å². The van der Waals surface area contributed by atoms with Crippen LogP contribution in [0, 0.1) is 10.5 Å². The predicted molar refractivity (Wildman–Crippen MR) is 149 cm³/mol. The smallest absolute Gasteiger partial charge is 0.257 e. The van der Waals surface area contributed by atoms with Crippen LogP contribution in [-0.2, 0) is 0 Å². The number of rotatable bonds is 4. The Labute approximate surface area is 218 Å². The average Bonchev–Trinajstić information content (AvgIpc) is 2.85. The number of hydrogen-bond donors (Lipinski definition) is 2. The second-order valence-corrected chi connectivity index (χ2v) is 9.71. The van der Waals surface area contributed by atoms with Crippen molar-refractivity contribution in [1.82, 2.24) is 10.2 Å². The number of carbonyl (C=O) groups is 2. The molecule has 0 bridgehead atoms. The molecule has 8 heteroatoms. The fourth-order valence-electron chi connectivity index (χ4n) is 3.85. The maximum Gasteiger partial charge on any atom is 0.257 e. The van der Waals surface area contributed by atoms with Gasteiger partial charge in [-0.2, -0.15) is 0 Å². The zero-order chi connectivity index (χ0) is 24.1. The first-order valence-corrected chi connectivity index (χ1v) is 12.5. The van der Waals surface area contributed by atoms with Crippen molar-refractivity contribution in [3.05, 3.63) is 93.1 Å². The molecular weight excluding hydrogens is 559 g/mol. The first-order valence-electron chi connectivity index (χ1n) is 11.0. The van der Waals surface area contributed by atoms with Gasteiger partial charge in [0.15, 0.2) is 5.11 Å². The lowest BCUT2D eigenvalue weighted by molar-refractivity contribution is 0.0746. The molecule has 1 heterocycles. The molecule has 0 saturated carbocycles. The molecule has 0 atom stereocenters. The van der Waals surface area contributed by atoms with Crippen molar-refractivity contribution in [2.75, 3.05) is 36.4 Å². The second kappa shape index (κ2) is 11.0. The SMILES string of the molecule is Cc1ccccc1C(=O)N1CCN(c2ccc(NC(=S)NC(=O)c3ccc(I)cc3)cc2)CC1. The highest BCUT2D eigenvalue weighted by Gasteiger charge is 2.23. The van der Waals surface area contributed by atoms with E-state index in [1.54, 1.807) is 12.1 Å². The number of carbonyl (C=O) groups excluding carboxylic acids is 2. The zero-order valence-electron chi connectivity index (χ0n) is 18.8. The van der Waals surface area contributed by atoms with E-state index in [4.69, 9.17) is 12.2 Å². The molecule has 0 aliphatic carbocycles. The normalized spacial score (nSPS) is 13.4. The topological polar surface area (TPSA) is 64.7 Å². The quantitative estimate of drug-likeness (QED) is 0.345. The highest BCUT2D eigenvalue weighted by molar-refractivity contribution is 14.1. The summed E-state index contributed by atoms with van der Waals surface area (Å²) in [5, 5.41) is 6.01. The standard InChI is InChI=1S/C26H25IN4O2S/c1-18-4-2-3-5-23(18)25(33)31-16-14-30(15-17-31)22-12-10-21(11-13-22)28-26(34)29-24(32)19-6-8-20(27)9-7-19/h2-13H,14-17H2,1H3,(H2,28,29,32,34). The summed E-state index contributed by atoms with van der Waals surface area (Å²) in [4.78, 5) is 29.4. The molecule has 6 nitrogen and oxygen atoms in total. The Bertz CT molecular complexity index is 1190. The molecule has 3 aromatic rings. The monoisotopic (exact) mass is 584 g/mol. The highest BCUT2D eigenvalue weighted by atomic mass is 127. The third-order valence-corrected chi connectivity index (χ3v) is 6.69. The summed E-state index contributed by atoms with van der Waals surface area (Å²) in [5.41, 5.74) is 4.22. The fourth-order valence-corrected chi connectivity index (χ4v) is 4.42. The molecule has 2 N–H and O–H groups in total. The van der Waals surface area contributed by atoms with E-state index in [1.165, 1.54) is 0 Å². The summed E-state index contributed by atoms with van der Waals surface area (Å²) < 4.78 is 1.06. The van der Waals surface area contributed by atoms with Crippen molar-refractivity contribution in [1.29, 1.82) is 0 Å². The molecule has 3 aromatic carbocycles. The van der Waals surface area contributed by atoms with Crippen molar-refractivity contribution in [2.45, 2.75) is 6.92 Å². The minimum absolute atomic E-state index is 0.0955. The number of anilines is 2. The van der Waals surface area contributed by atoms with Gasteiger partial charge in [0.1, 0.15) is 0 Å². The Kier molecular flexibility index (Phi) is 7.79. The van der Waals surface area contributed by atoms with Gasteiger partial charge in [-0.15, -0.1) is 0 Å². The summed E-state index contributed by atoms with van der Waals surface area (Å²) in [5.74, 6) is -0.151. The van der Waals surface area contributed by atoms with Crippen LogP contribution in [-0.4, -0.2) is 48.0 Å². The van der Waals surface area contributed by atoms with Gasteiger partial charge in [0.25, 0.3) is 11.8 Å². The average molecular weight is 584 g/mol. The van der Waals surface area contributed by atoms with Crippen LogP contribution in [0.25, 0.3) is 0 Å². The van der Waals surface area contributed by atoms with Crippen LogP contribution >= 0.6 is 34.8 Å². The third-order valence-electron chi connectivity index (χ3n) is 5.77. The Balaban J connectivity index is 1.29. The van der Waals surface area contributed by atoms with Crippen LogP contribution in [0.15, 0.2) is 72.8 Å². The van der Waals surface area contributed by atoms with Crippen molar-refractivity contribution >= 4 is 63.1 Å². The van der Waals surface area contributed by atoms with Gasteiger partial charge in [-0.05, 0) is 102 Å². The van der Waals surface area contributed by atoms with E-state index in [9.17, 15) is 9.59 Å². The molecule has 0 unspecified atom stereocenters. The lowest BCUT2D eigenvalue weighted by Gasteiger charge is -2.36. The Hall–Kier alpha value is -2.98. The second-order valence-electron chi connectivity index (χ2n) is 8.06. The maximum atomic E-state index is 12.8. The molecule has 174 valence electrons. The molecule has 1 aliphatic rings. The molecule has 1 fully saturated rings. The van der Waals surface area contributed by atoms with Crippen LogP contribution in [0.1, 0.15) is 26.3 Å². The maximum absolute atomic E-state index is 12.8. The molecule has 0 aromatic heterocycles. The van der Waals surface area contributed by atoms with Gasteiger partial charge in [0.05, 0.1) is 0 Å². The van der Waals surface area contributed by atoms with Crippen molar-refractivity contribution in [2.24, 2.45) is 0 Å². The van der Waals surface area contributed by atoms with Gasteiger partial charge >= 0.3 is 0 Å². The summed E-state index contributed by atoms with van der Waals surface area (Å²) in [7, 11) is 0. The Morgan fingerprint density at radius 1 is 0.882 bits per heavy atom. The van der Waals surface area contributed by atoms with E-state index >= 15 is 0 Å². The highest BCUT2D eigenvalue weighted by Crippen LogP contribution is 2.21. The van der Waals surface area contributed by atoms with Crippen LogP contribution in [0.5, 0.6) is 0 Å². The van der Waals surface area contributed by atoms with E-state index in [0.717, 1.165) is 39.2 Å². The largest absolute Gasteiger partial charge is 0.368 e. The van der Waals surface area contributed by atoms with Crippen LogP contribution in [0.2, 0.25) is 0 Å². The number of thiocarbonyl (C=S) groups is 1. The van der Waals surface area contributed by atoms with Gasteiger partial charge in [0.2, 0.25) is 0 Å². The van der Waals surface area contributed by atoms with Crippen LogP contribution in [0.3, 0.4) is 0 Å². The number of nitrogens with zero attached hydrogens (tertiary/aromatic N) is 2. The van der Waals surface area contributed by atoms with Gasteiger partial charge in [-0.1, -0.05) is 18.2 Å². The van der Waals surface area contributed by atoms with Gasteiger partial charge in [0, 0.05) is 52.3 Å².